The second kappa shape index (κ2) is 6.27. The molecule has 22 heavy (non-hydrogen) atoms. The second-order valence-corrected chi connectivity index (χ2v) is 5.64. The van der Waals surface area contributed by atoms with Crippen LogP contribution in [-0.2, 0) is 6.54 Å². The van der Waals surface area contributed by atoms with Gasteiger partial charge in [-0.05, 0) is 26.0 Å². The van der Waals surface area contributed by atoms with E-state index in [1.807, 2.05) is 36.9 Å². The van der Waals surface area contributed by atoms with E-state index in [0.29, 0.717) is 5.56 Å². The Kier molecular flexibility index (Phi) is 4.20. The fraction of sp³-hybridized carbons (Fsp3) is 0.438. The number of carbonyl (C=O) groups excluding carboxylic acids is 1. The molecule has 6 nitrogen and oxygen atoms in total. The molecule has 1 aliphatic heterocycles. The molecule has 0 radical (unpaired) electrons. The minimum absolute atomic E-state index is 0.0701. The molecular formula is C16H20N4O2. The van der Waals surface area contributed by atoms with Gasteiger partial charge in [-0.15, -0.1) is 0 Å². The third kappa shape index (κ3) is 3.17. The first-order chi connectivity index (χ1) is 10.6. The van der Waals surface area contributed by atoms with Crippen LogP contribution in [0.2, 0.25) is 0 Å². The highest BCUT2D eigenvalue weighted by Gasteiger charge is 2.23. The molecule has 1 amide bonds. The van der Waals surface area contributed by atoms with Crippen molar-refractivity contribution in [3.8, 4) is 0 Å². The fourth-order valence-corrected chi connectivity index (χ4v) is 2.70. The van der Waals surface area contributed by atoms with Gasteiger partial charge in [-0.3, -0.25) is 14.7 Å². The topological polar surface area (TPSA) is 62.5 Å². The van der Waals surface area contributed by atoms with Crippen molar-refractivity contribution < 1.29 is 9.32 Å². The summed E-state index contributed by atoms with van der Waals surface area (Å²) in [6.45, 7) is 7.65. The average molecular weight is 300 g/mol. The van der Waals surface area contributed by atoms with Gasteiger partial charge in [0.25, 0.3) is 5.91 Å². The molecule has 0 spiro atoms. The predicted octanol–water partition coefficient (Wildman–Crippen LogP) is 1.64. The average Bonchev–Trinajstić information content (AvgIpc) is 2.93. The van der Waals surface area contributed by atoms with E-state index in [1.165, 1.54) is 0 Å². The van der Waals surface area contributed by atoms with Gasteiger partial charge in [0, 0.05) is 44.1 Å². The third-order valence-electron chi connectivity index (χ3n) is 3.95. The van der Waals surface area contributed by atoms with Crippen molar-refractivity contribution in [1.82, 2.24) is 19.9 Å². The molecule has 1 saturated heterocycles. The molecule has 0 unspecified atom stereocenters. The molecule has 2 aromatic rings. The summed E-state index contributed by atoms with van der Waals surface area (Å²) in [6, 6.07) is 5.60. The zero-order valence-electron chi connectivity index (χ0n) is 13.0. The van der Waals surface area contributed by atoms with Crippen LogP contribution in [-0.4, -0.2) is 52.0 Å². The summed E-state index contributed by atoms with van der Waals surface area (Å²) in [7, 11) is 0. The van der Waals surface area contributed by atoms with Gasteiger partial charge in [-0.25, -0.2) is 0 Å². The Hall–Kier alpha value is -2.21. The highest BCUT2D eigenvalue weighted by atomic mass is 16.5. The normalized spacial score (nSPS) is 16.0. The number of amides is 1. The Morgan fingerprint density at radius 1 is 1.27 bits per heavy atom. The number of pyridine rings is 1. The molecule has 0 aromatic carbocycles. The lowest BCUT2D eigenvalue weighted by Gasteiger charge is -2.34. The summed E-state index contributed by atoms with van der Waals surface area (Å²) in [5, 5.41) is 3.90. The molecule has 116 valence electrons. The largest absolute Gasteiger partial charge is 0.360 e. The summed E-state index contributed by atoms with van der Waals surface area (Å²) in [6.07, 6.45) is 1.71. The zero-order chi connectivity index (χ0) is 15.5. The van der Waals surface area contributed by atoms with E-state index < -0.39 is 0 Å². The van der Waals surface area contributed by atoms with Crippen LogP contribution in [0.3, 0.4) is 0 Å². The number of piperazine rings is 1. The second-order valence-electron chi connectivity index (χ2n) is 5.64. The predicted molar refractivity (Wildman–Crippen MR) is 81.4 cm³/mol. The third-order valence-corrected chi connectivity index (χ3v) is 3.95. The maximum atomic E-state index is 12.5. The quantitative estimate of drug-likeness (QED) is 0.862. The van der Waals surface area contributed by atoms with E-state index in [9.17, 15) is 4.79 Å². The number of hydrogen-bond acceptors (Lipinski definition) is 5. The monoisotopic (exact) mass is 300 g/mol. The van der Waals surface area contributed by atoms with Crippen LogP contribution in [0.15, 0.2) is 28.9 Å². The van der Waals surface area contributed by atoms with Crippen LogP contribution in [0.4, 0.5) is 0 Å². The van der Waals surface area contributed by atoms with Crippen LogP contribution in [0.25, 0.3) is 0 Å². The minimum atomic E-state index is 0.0701. The molecule has 0 atom stereocenters. The SMILES string of the molecule is Cc1cc(CN2CCN(C(=O)c3cccnc3C)CC2)on1. The van der Waals surface area contributed by atoms with Gasteiger partial charge in [-0.2, -0.15) is 0 Å². The lowest BCUT2D eigenvalue weighted by molar-refractivity contribution is 0.0616. The van der Waals surface area contributed by atoms with E-state index in [2.05, 4.69) is 15.0 Å². The Morgan fingerprint density at radius 2 is 2.05 bits per heavy atom. The maximum absolute atomic E-state index is 12.5. The fourth-order valence-electron chi connectivity index (χ4n) is 2.70. The van der Waals surface area contributed by atoms with E-state index in [-0.39, 0.29) is 5.91 Å². The van der Waals surface area contributed by atoms with Crippen molar-refractivity contribution in [2.24, 2.45) is 0 Å². The number of carbonyl (C=O) groups is 1. The summed E-state index contributed by atoms with van der Waals surface area (Å²) in [5.74, 6) is 0.946. The summed E-state index contributed by atoms with van der Waals surface area (Å²) >= 11 is 0. The van der Waals surface area contributed by atoms with E-state index in [4.69, 9.17) is 4.52 Å². The number of aryl methyl sites for hydroxylation is 2. The van der Waals surface area contributed by atoms with Crippen LogP contribution in [0.1, 0.15) is 27.5 Å². The van der Waals surface area contributed by atoms with Crippen molar-refractivity contribution in [3.05, 3.63) is 47.1 Å². The van der Waals surface area contributed by atoms with Gasteiger partial charge in [0.15, 0.2) is 5.76 Å². The molecule has 2 aromatic heterocycles. The molecule has 3 heterocycles. The van der Waals surface area contributed by atoms with Gasteiger partial charge in [0.05, 0.1) is 17.8 Å². The van der Waals surface area contributed by atoms with Crippen molar-refractivity contribution in [2.45, 2.75) is 20.4 Å². The first-order valence-corrected chi connectivity index (χ1v) is 7.49. The summed E-state index contributed by atoms with van der Waals surface area (Å²) < 4.78 is 5.25. The molecule has 0 N–H and O–H groups in total. The first kappa shape index (κ1) is 14.7. The molecule has 1 fully saturated rings. The standard InChI is InChI=1S/C16H20N4O2/c1-12-10-14(22-18-12)11-19-6-8-20(9-7-19)16(21)15-4-3-5-17-13(15)2/h3-5,10H,6-9,11H2,1-2H3. The van der Waals surface area contributed by atoms with Crippen molar-refractivity contribution in [2.75, 3.05) is 26.2 Å². The lowest BCUT2D eigenvalue weighted by Crippen LogP contribution is -2.48. The van der Waals surface area contributed by atoms with Crippen molar-refractivity contribution in [1.29, 1.82) is 0 Å². The lowest BCUT2D eigenvalue weighted by atomic mass is 10.1. The molecule has 0 aliphatic carbocycles. The highest BCUT2D eigenvalue weighted by molar-refractivity contribution is 5.95. The number of rotatable bonds is 3. The molecular weight excluding hydrogens is 280 g/mol. The number of aromatic nitrogens is 2. The van der Waals surface area contributed by atoms with Gasteiger partial charge in [0.2, 0.25) is 0 Å². The molecule has 0 saturated carbocycles. The molecule has 3 rings (SSSR count). The van der Waals surface area contributed by atoms with Crippen LogP contribution < -0.4 is 0 Å². The Morgan fingerprint density at radius 3 is 2.68 bits per heavy atom. The maximum Gasteiger partial charge on any atom is 0.255 e. The Bertz CT molecular complexity index is 660. The molecule has 0 bridgehead atoms. The van der Waals surface area contributed by atoms with Crippen molar-refractivity contribution in [3.63, 3.8) is 0 Å². The first-order valence-electron chi connectivity index (χ1n) is 7.49. The Labute approximate surface area is 129 Å². The van der Waals surface area contributed by atoms with Crippen LogP contribution in [0.5, 0.6) is 0 Å². The zero-order valence-corrected chi connectivity index (χ0v) is 13.0. The van der Waals surface area contributed by atoms with Gasteiger partial charge in [0.1, 0.15) is 0 Å². The van der Waals surface area contributed by atoms with E-state index >= 15 is 0 Å². The van der Waals surface area contributed by atoms with Gasteiger partial charge >= 0.3 is 0 Å². The number of hydrogen-bond donors (Lipinski definition) is 0. The van der Waals surface area contributed by atoms with E-state index in [1.54, 1.807) is 6.20 Å². The van der Waals surface area contributed by atoms with Gasteiger partial charge in [-0.1, -0.05) is 5.16 Å². The molecule has 6 heteroatoms. The minimum Gasteiger partial charge on any atom is -0.360 e. The number of nitrogens with zero attached hydrogens (tertiary/aromatic N) is 4. The molecule has 1 aliphatic rings. The highest BCUT2D eigenvalue weighted by Crippen LogP contribution is 2.13. The van der Waals surface area contributed by atoms with E-state index in [0.717, 1.165) is 49.9 Å². The Balaban J connectivity index is 1.57. The smallest absolute Gasteiger partial charge is 0.255 e. The van der Waals surface area contributed by atoms with Crippen LogP contribution >= 0.6 is 0 Å². The van der Waals surface area contributed by atoms with Crippen LogP contribution in [0, 0.1) is 13.8 Å². The van der Waals surface area contributed by atoms with Crippen molar-refractivity contribution >= 4 is 5.91 Å². The summed E-state index contributed by atoms with van der Waals surface area (Å²) in [5.41, 5.74) is 2.38. The summed E-state index contributed by atoms with van der Waals surface area (Å²) in [4.78, 5) is 20.9. The van der Waals surface area contributed by atoms with Gasteiger partial charge < -0.3 is 9.42 Å².